The maximum absolute atomic E-state index is 14.8. The largest absolute Gasteiger partial charge is 0.432 e. The van der Waals surface area contributed by atoms with Gasteiger partial charge in [0.25, 0.3) is 11.6 Å². The summed E-state index contributed by atoms with van der Waals surface area (Å²) in [5.74, 6) is -1.28. The van der Waals surface area contributed by atoms with Crippen molar-refractivity contribution in [3.63, 3.8) is 0 Å². The highest BCUT2D eigenvalue weighted by atomic mass is 28.4. The van der Waals surface area contributed by atoms with E-state index in [-0.39, 0.29) is 37.1 Å². The molecule has 3 aromatic carbocycles. The third kappa shape index (κ3) is 5.45. The predicted molar refractivity (Wildman–Crippen MR) is 183 cm³/mol. The Morgan fingerprint density at radius 1 is 1.08 bits per heavy atom. The van der Waals surface area contributed by atoms with Crippen molar-refractivity contribution in [1.82, 2.24) is 4.90 Å². The van der Waals surface area contributed by atoms with Crippen LogP contribution < -0.4 is 9.80 Å². The van der Waals surface area contributed by atoms with Gasteiger partial charge in [0.05, 0.1) is 42.3 Å². The highest BCUT2D eigenvalue weighted by Gasteiger charge is 2.66. The summed E-state index contributed by atoms with van der Waals surface area (Å²) in [5.41, 5.74) is 1.92. The van der Waals surface area contributed by atoms with Gasteiger partial charge in [-0.25, -0.2) is 0 Å². The number of aliphatic hydroxyl groups is 1. The van der Waals surface area contributed by atoms with E-state index < -0.39 is 48.4 Å². The minimum absolute atomic E-state index is 0.0284. The third-order valence-corrected chi connectivity index (χ3v) is 13.4. The van der Waals surface area contributed by atoms with Gasteiger partial charge in [-0.2, -0.15) is 0 Å². The molecule has 0 aromatic heterocycles. The van der Waals surface area contributed by atoms with E-state index in [0.717, 1.165) is 22.4 Å². The summed E-state index contributed by atoms with van der Waals surface area (Å²) in [6, 6.07) is 19.1. The number of anilines is 2. The molecule has 49 heavy (non-hydrogen) atoms. The van der Waals surface area contributed by atoms with Gasteiger partial charge in [-0.15, -0.1) is 0 Å². The lowest BCUT2D eigenvalue weighted by Gasteiger charge is -2.37. The highest BCUT2D eigenvalue weighted by molar-refractivity contribution is 6.71. The summed E-state index contributed by atoms with van der Waals surface area (Å²) in [6.45, 7) is 6.20. The molecule has 3 aromatic rings. The van der Waals surface area contributed by atoms with Gasteiger partial charge in [0, 0.05) is 54.4 Å². The van der Waals surface area contributed by atoms with E-state index >= 15 is 0 Å². The van der Waals surface area contributed by atoms with E-state index in [0.29, 0.717) is 37.2 Å². The van der Waals surface area contributed by atoms with Crippen LogP contribution in [0, 0.1) is 16.0 Å². The predicted octanol–water partition coefficient (Wildman–Crippen LogP) is 4.01. The minimum atomic E-state index is -3.14. The molecule has 256 valence electrons. The van der Waals surface area contributed by atoms with Crippen LogP contribution >= 0.6 is 0 Å². The third-order valence-electron chi connectivity index (χ3n) is 10.9. The number of aliphatic hydroxyl groups excluding tert-OH is 1. The summed E-state index contributed by atoms with van der Waals surface area (Å²) >= 11 is 0. The number of carbonyl (C=O) groups is 3. The summed E-state index contributed by atoms with van der Waals surface area (Å²) in [7, 11) is -3.14. The molecule has 13 heteroatoms. The molecule has 0 radical (unpaired) electrons. The van der Waals surface area contributed by atoms with E-state index in [1.54, 1.807) is 33.9 Å². The second-order valence-corrected chi connectivity index (χ2v) is 18.2. The average Bonchev–Trinajstić information content (AvgIpc) is 3.49. The average molecular weight is 685 g/mol. The van der Waals surface area contributed by atoms with Gasteiger partial charge in [-0.1, -0.05) is 43.3 Å². The summed E-state index contributed by atoms with van der Waals surface area (Å²) < 4.78 is 6.80. The molecule has 0 aliphatic carbocycles. The van der Waals surface area contributed by atoms with Crippen LogP contribution in [0.25, 0.3) is 0 Å². The Morgan fingerprint density at radius 3 is 2.49 bits per heavy atom. The van der Waals surface area contributed by atoms with Crippen LogP contribution in [0.15, 0.2) is 66.7 Å². The zero-order valence-corrected chi connectivity index (χ0v) is 28.7. The van der Waals surface area contributed by atoms with Crippen molar-refractivity contribution in [2.75, 3.05) is 23.0 Å². The molecule has 4 aliphatic rings. The van der Waals surface area contributed by atoms with Crippen LogP contribution in [0.2, 0.25) is 18.6 Å². The topological polar surface area (TPSA) is 154 Å². The molecule has 4 heterocycles. The molecule has 1 spiro atoms. The first-order valence-electron chi connectivity index (χ1n) is 16.7. The van der Waals surface area contributed by atoms with Crippen LogP contribution in [0.4, 0.5) is 17.1 Å². The summed E-state index contributed by atoms with van der Waals surface area (Å²) in [4.78, 5) is 69.1. The van der Waals surface area contributed by atoms with Crippen LogP contribution in [-0.2, 0) is 44.2 Å². The zero-order chi connectivity index (χ0) is 34.8. The number of rotatable bonds is 8. The number of β-lactam (4-membered cyclic amide) rings is 1. The molecule has 0 saturated carbocycles. The van der Waals surface area contributed by atoms with Crippen molar-refractivity contribution < 1.29 is 33.9 Å². The Hall–Kier alpha value is -4.43. The molecule has 2 fully saturated rings. The first kappa shape index (κ1) is 33.1. The molecule has 2 saturated heterocycles. The van der Waals surface area contributed by atoms with Crippen molar-refractivity contribution in [1.29, 1.82) is 0 Å². The van der Waals surface area contributed by atoms with Gasteiger partial charge in [0.1, 0.15) is 0 Å². The van der Waals surface area contributed by atoms with E-state index in [2.05, 4.69) is 0 Å². The van der Waals surface area contributed by atoms with Crippen LogP contribution in [0.5, 0.6) is 0 Å². The van der Waals surface area contributed by atoms with Crippen LogP contribution in [0.3, 0.4) is 0 Å². The number of non-ortho nitro benzene ring substituents is 1. The SMILES string of the molecule is C[C@H]1[C@H]([Si](C)(C)O)[C@@H](CC(=O)N2Cc3ccccc3C[C@H]2CO)O[C@]12C(=O)N(Cc1cccc(N3CCC3=O)c1)c1ccc([N+](=O)[O-])cc12. The molecule has 7 rings (SSSR count). The number of carbonyl (C=O) groups excluding carboxylic acids is 3. The van der Waals surface area contributed by atoms with Crippen LogP contribution in [-0.4, -0.2) is 71.1 Å². The van der Waals surface area contributed by atoms with Gasteiger partial charge in [-0.05, 0) is 54.4 Å². The maximum Gasteiger partial charge on any atom is 0.269 e. The molecule has 4 aliphatic heterocycles. The number of amides is 3. The fourth-order valence-electron chi connectivity index (χ4n) is 8.46. The van der Waals surface area contributed by atoms with Crippen molar-refractivity contribution in [2.45, 2.75) is 75.7 Å². The maximum atomic E-state index is 14.8. The number of nitro groups is 1. The molecule has 5 atom stereocenters. The van der Waals surface area contributed by atoms with Gasteiger partial charge in [0.2, 0.25) is 11.8 Å². The first-order valence-corrected chi connectivity index (χ1v) is 19.7. The molecular weight excluding hydrogens is 645 g/mol. The number of benzene rings is 3. The molecule has 2 N–H and O–H groups in total. The Morgan fingerprint density at radius 2 is 1.84 bits per heavy atom. The Labute approximate surface area is 285 Å². The summed E-state index contributed by atoms with van der Waals surface area (Å²) in [5, 5.41) is 22.2. The number of fused-ring (bicyclic) bond motifs is 3. The highest BCUT2D eigenvalue weighted by Crippen LogP contribution is 2.60. The quantitative estimate of drug-likeness (QED) is 0.156. The fraction of sp³-hybridized carbons (Fsp3) is 0.417. The van der Waals surface area contributed by atoms with E-state index in [1.165, 1.54) is 12.1 Å². The molecule has 0 bridgehead atoms. The normalized spacial score (nSPS) is 26.2. The van der Waals surface area contributed by atoms with E-state index in [9.17, 15) is 34.4 Å². The van der Waals surface area contributed by atoms with Crippen molar-refractivity contribution >= 4 is 43.1 Å². The molecular formula is C36H40N4O8Si. The lowest BCUT2D eigenvalue weighted by molar-refractivity contribution is -0.385. The number of nitrogens with zero attached hydrogens (tertiary/aromatic N) is 4. The number of hydrogen-bond acceptors (Lipinski definition) is 8. The standard InChI is InChI=1S/C36H40N4O8Si/c1-22-34(49(2,3)47)31(18-33(43)38-20-25-9-5-4-8-24(25)16-28(38)21-41)48-36(22)29-17-27(40(45)46)11-12-30(29)39(35(36)44)19-23-7-6-10-26(15-23)37-14-13-32(37)42/h4-12,15,17,22,28,31,34,41,47H,13-14,16,18-21H2,1-3H3/t22-,28-,31+,34-,36+/m0/s1. The van der Waals surface area contributed by atoms with Gasteiger partial charge in [-0.3, -0.25) is 24.5 Å². The Kier molecular flexibility index (Phi) is 8.21. The Balaban J connectivity index is 1.25. The van der Waals surface area contributed by atoms with Gasteiger partial charge < -0.3 is 29.3 Å². The van der Waals surface area contributed by atoms with Crippen molar-refractivity contribution in [3.8, 4) is 0 Å². The lowest BCUT2D eigenvalue weighted by Crippen LogP contribution is -2.48. The van der Waals surface area contributed by atoms with E-state index in [4.69, 9.17) is 4.74 Å². The zero-order valence-electron chi connectivity index (χ0n) is 27.7. The smallest absolute Gasteiger partial charge is 0.269 e. The van der Waals surface area contributed by atoms with Crippen molar-refractivity contribution in [3.05, 3.63) is 99.1 Å². The van der Waals surface area contributed by atoms with Gasteiger partial charge in [0.15, 0.2) is 13.9 Å². The summed E-state index contributed by atoms with van der Waals surface area (Å²) in [6.07, 6.45) is 0.00348. The number of ether oxygens (including phenoxy) is 1. The minimum Gasteiger partial charge on any atom is -0.432 e. The molecule has 3 amide bonds. The number of nitro benzene ring substituents is 1. The Bertz CT molecular complexity index is 1860. The second-order valence-electron chi connectivity index (χ2n) is 14.2. The lowest BCUT2D eigenvalue weighted by atomic mass is 9.82. The first-order chi connectivity index (χ1) is 23.3. The molecule has 12 nitrogen and oxygen atoms in total. The fourth-order valence-corrected chi connectivity index (χ4v) is 11.0. The van der Waals surface area contributed by atoms with Crippen LogP contribution in [0.1, 0.15) is 42.0 Å². The van der Waals surface area contributed by atoms with Gasteiger partial charge >= 0.3 is 0 Å². The molecule has 0 unspecified atom stereocenters. The monoisotopic (exact) mass is 684 g/mol. The van der Waals surface area contributed by atoms with Crippen molar-refractivity contribution in [2.24, 2.45) is 5.92 Å². The second kappa shape index (κ2) is 12.2. The van der Waals surface area contributed by atoms with E-state index in [1.807, 2.05) is 55.5 Å². The number of hydrogen-bond donors (Lipinski definition) is 2.